The average Bonchev–Trinajstić information content (AvgIpc) is 3.10. The maximum Gasteiger partial charge on any atom is 0.264 e. The molecule has 0 spiro atoms. The van der Waals surface area contributed by atoms with Crippen LogP contribution < -0.4 is 14.4 Å². The molecule has 1 atom stereocenters. The second kappa shape index (κ2) is 16.6. The van der Waals surface area contributed by atoms with Gasteiger partial charge in [0.2, 0.25) is 11.8 Å². The number of carbonyl (C=O) groups excluding carboxylic acids is 2. The van der Waals surface area contributed by atoms with Gasteiger partial charge in [0.05, 0.1) is 17.2 Å². The third-order valence-corrected chi connectivity index (χ3v) is 10.6. The Labute approximate surface area is 289 Å². The Bertz CT molecular complexity index is 1790. The molecule has 0 bridgehead atoms. The summed E-state index contributed by atoms with van der Waals surface area (Å²) in [6.07, 6.45) is 5.16. The van der Waals surface area contributed by atoms with Gasteiger partial charge in [-0.15, -0.1) is 0 Å². The summed E-state index contributed by atoms with van der Waals surface area (Å²) in [7, 11) is -4.35. The maximum atomic E-state index is 14.7. The van der Waals surface area contributed by atoms with Gasteiger partial charge in [-0.2, -0.15) is 0 Å². The number of halogens is 1. The van der Waals surface area contributed by atoms with E-state index < -0.39 is 34.3 Å². The zero-order chi connectivity index (χ0) is 34.8. The molecule has 1 fully saturated rings. The van der Waals surface area contributed by atoms with Crippen molar-refractivity contribution in [2.24, 2.45) is 0 Å². The predicted octanol–water partition coefficient (Wildman–Crippen LogP) is 6.82. The van der Waals surface area contributed by atoms with E-state index in [-0.39, 0.29) is 35.5 Å². The number of aryl methyl sites for hydroxylation is 1. The third-order valence-electron chi connectivity index (χ3n) is 8.77. The summed E-state index contributed by atoms with van der Waals surface area (Å²) in [5, 5.41) is 3.22. The summed E-state index contributed by atoms with van der Waals surface area (Å²) in [6, 6.07) is 27.2. The Morgan fingerprint density at radius 1 is 0.878 bits per heavy atom. The van der Waals surface area contributed by atoms with Crippen molar-refractivity contribution in [3.05, 3.63) is 126 Å². The van der Waals surface area contributed by atoms with E-state index in [9.17, 15) is 22.4 Å². The van der Waals surface area contributed by atoms with Gasteiger partial charge in [0.25, 0.3) is 10.0 Å². The highest BCUT2D eigenvalue weighted by Gasteiger charge is 2.35. The summed E-state index contributed by atoms with van der Waals surface area (Å²) in [6.45, 7) is 3.72. The first-order valence-corrected chi connectivity index (χ1v) is 18.3. The molecule has 0 saturated heterocycles. The Hall–Kier alpha value is -4.70. The maximum absolute atomic E-state index is 14.7. The second-order valence-electron chi connectivity index (χ2n) is 12.5. The SMILES string of the molecule is CCOc1ccc(N(CC(=O)N(Cc2cccc(C)c2)[C@H](Cc2ccccc2)C(=O)NC2CCCCC2)S(=O)(=O)c2ccc(F)cc2)cc1. The number of sulfonamides is 1. The van der Waals surface area contributed by atoms with E-state index in [2.05, 4.69) is 5.32 Å². The Kier molecular flexibility index (Phi) is 12.1. The monoisotopic (exact) mass is 685 g/mol. The first-order valence-electron chi connectivity index (χ1n) is 16.8. The van der Waals surface area contributed by atoms with E-state index in [1.807, 2.05) is 68.4 Å². The van der Waals surface area contributed by atoms with Crippen molar-refractivity contribution in [2.45, 2.75) is 75.9 Å². The smallest absolute Gasteiger partial charge is 0.264 e. The molecule has 258 valence electrons. The molecule has 1 saturated carbocycles. The molecular weight excluding hydrogens is 642 g/mol. The minimum absolute atomic E-state index is 0.00894. The third kappa shape index (κ3) is 9.47. The lowest BCUT2D eigenvalue weighted by Crippen LogP contribution is -2.55. The van der Waals surface area contributed by atoms with Crippen molar-refractivity contribution in [3.8, 4) is 5.75 Å². The van der Waals surface area contributed by atoms with E-state index >= 15 is 0 Å². The normalized spacial score (nSPS) is 14.1. The van der Waals surface area contributed by atoms with Gasteiger partial charge >= 0.3 is 0 Å². The van der Waals surface area contributed by atoms with E-state index in [0.29, 0.717) is 12.4 Å². The van der Waals surface area contributed by atoms with Gasteiger partial charge in [-0.3, -0.25) is 13.9 Å². The first-order chi connectivity index (χ1) is 23.6. The van der Waals surface area contributed by atoms with Crippen LogP contribution in [0.15, 0.2) is 108 Å². The lowest BCUT2D eigenvalue weighted by molar-refractivity contribution is -0.140. The fourth-order valence-electron chi connectivity index (χ4n) is 6.24. The van der Waals surface area contributed by atoms with Crippen LogP contribution in [0.3, 0.4) is 0 Å². The molecule has 49 heavy (non-hydrogen) atoms. The fraction of sp³-hybridized carbons (Fsp3) is 0.333. The lowest BCUT2D eigenvalue weighted by Gasteiger charge is -2.35. The molecule has 5 rings (SSSR count). The van der Waals surface area contributed by atoms with E-state index in [4.69, 9.17) is 4.74 Å². The van der Waals surface area contributed by atoms with Crippen LogP contribution in [-0.2, 0) is 32.6 Å². The van der Waals surface area contributed by atoms with Crippen molar-refractivity contribution < 1.29 is 27.1 Å². The minimum atomic E-state index is -4.35. The van der Waals surface area contributed by atoms with Gasteiger partial charge in [0, 0.05) is 19.0 Å². The number of hydrogen-bond donors (Lipinski definition) is 1. The first kappa shape index (κ1) is 35.6. The number of amides is 2. The summed E-state index contributed by atoms with van der Waals surface area (Å²) in [5.74, 6) is -0.869. The van der Waals surface area contributed by atoms with Gasteiger partial charge in [-0.05, 0) is 86.3 Å². The summed E-state index contributed by atoms with van der Waals surface area (Å²) < 4.78 is 48.8. The molecule has 4 aromatic carbocycles. The van der Waals surface area contributed by atoms with Crippen LogP contribution in [0.25, 0.3) is 0 Å². The molecule has 4 aromatic rings. The summed E-state index contributed by atoms with van der Waals surface area (Å²) in [4.78, 5) is 30.3. The average molecular weight is 686 g/mol. The zero-order valence-electron chi connectivity index (χ0n) is 28.1. The van der Waals surface area contributed by atoms with Gasteiger partial charge in [0.15, 0.2) is 0 Å². The number of hydrogen-bond acceptors (Lipinski definition) is 5. The molecule has 0 unspecified atom stereocenters. The van der Waals surface area contributed by atoms with Crippen LogP contribution in [0.4, 0.5) is 10.1 Å². The highest BCUT2D eigenvalue weighted by atomic mass is 32.2. The lowest BCUT2D eigenvalue weighted by atomic mass is 9.94. The van der Waals surface area contributed by atoms with E-state index in [1.165, 1.54) is 17.0 Å². The molecule has 0 heterocycles. The quantitative estimate of drug-likeness (QED) is 0.157. The molecular formula is C39H44FN3O5S. The fourth-order valence-corrected chi connectivity index (χ4v) is 7.66. The zero-order valence-corrected chi connectivity index (χ0v) is 28.9. The molecule has 1 N–H and O–H groups in total. The van der Waals surface area contributed by atoms with Crippen LogP contribution in [-0.4, -0.2) is 50.4 Å². The number of anilines is 1. The predicted molar refractivity (Wildman–Crippen MR) is 189 cm³/mol. The van der Waals surface area contributed by atoms with Crippen LogP contribution in [0.2, 0.25) is 0 Å². The van der Waals surface area contributed by atoms with Crippen LogP contribution in [0.5, 0.6) is 5.75 Å². The van der Waals surface area contributed by atoms with Gasteiger partial charge < -0.3 is 15.0 Å². The molecule has 0 radical (unpaired) electrons. The van der Waals surface area contributed by atoms with Crippen LogP contribution in [0.1, 0.15) is 55.7 Å². The molecule has 1 aliphatic carbocycles. The molecule has 2 amide bonds. The van der Waals surface area contributed by atoms with Crippen molar-refractivity contribution in [1.82, 2.24) is 10.2 Å². The molecule has 10 heteroatoms. The number of ether oxygens (including phenoxy) is 1. The summed E-state index contributed by atoms with van der Waals surface area (Å²) in [5.41, 5.74) is 2.90. The van der Waals surface area contributed by atoms with Crippen LogP contribution in [0, 0.1) is 12.7 Å². The van der Waals surface area contributed by atoms with Gasteiger partial charge in [0.1, 0.15) is 24.2 Å². The van der Waals surface area contributed by atoms with Crippen molar-refractivity contribution in [1.29, 1.82) is 0 Å². The van der Waals surface area contributed by atoms with Crippen molar-refractivity contribution in [3.63, 3.8) is 0 Å². The number of benzene rings is 4. The largest absolute Gasteiger partial charge is 0.494 e. The highest BCUT2D eigenvalue weighted by Crippen LogP contribution is 2.28. The molecule has 0 aliphatic heterocycles. The molecule has 0 aromatic heterocycles. The Morgan fingerprint density at radius 2 is 1.55 bits per heavy atom. The number of rotatable bonds is 14. The van der Waals surface area contributed by atoms with Crippen molar-refractivity contribution >= 4 is 27.5 Å². The Morgan fingerprint density at radius 3 is 2.20 bits per heavy atom. The number of nitrogens with zero attached hydrogens (tertiary/aromatic N) is 2. The van der Waals surface area contributed by atoms with Crippen LogP contribution >= 0.6 is 0 Å². The molecule has 8 nitrogen and oxygen atoms in total. The van der Waals surface area contributed by atoms with E-state index in [1.54, 1.807) is 24.3 Å². The minimum Gasteiger partial charge on any atom is -0.494 e. The van der Waals surface area contributed by atoms with Gasteiger partial charge in [-0.25, -0.2) is 12.8 Å². The second-order valence-corrected chi connectivity index (χ2v) is 14.3. The number of nitrogens with one attached hydrogen (secondary N) is 1. The van der Waals surface area contributed by atoms with E-state index in [0.717, 1.165) is 65.2 Å². The highest BCUT2D eigenvalue weighted by molar-refractivity contribution is 7.92. The van der Waals surface area contributed by atoms with Crippen molar-refractivity contribution in [2.75, 3.05) is 17.5 Å². The standard InChI is InChI=1S/C39H44FN3O5S/c1-3-48-35-21-19-34(20-22-35)43(49(46,47)36-23-17-32(40)18-24-36)28-38(44)42(27-31-14-10-11-29(2)25-31)37(26-30-12-6-4-7-13-30)39(45)41-33-15-8-5-9-16-33/h4,6-7,10-14,17-25,33,37H,3,5,8-9,15-16,26-28H2,1-2H3,(H,41,45)/t37-/m1/s1. The van der Waals surface area contributed by atoms with Gasteiger partial charge in [-0.1, -0.05) is 79.4 Å². The number of carbonyl (C=O) groups is 2. The molecule has 1 aliphatic rings. The Balaban J connectivity index is 1.56. The summed E-state index contributed by atoms with van der Waals surface area (Å²) >= 11 is 0. The topological polar surface area (TPSA) is 96.0 Å².